The molecule has 0 spiro atoms. The quantitative estimate of drug-likeness (QED) is 0.519. The normalized spacial score (nSPS) is 19.0. The van der Waals surface area contributed by atoms with Gasteiger partial charge in [0.1, 0.15) is 0 Å². The van der Waals surface area contributed by atoms with Gasteiger partial charge in [-0.2, -0.15) is 0 Å². The molecule has 1 unspecified atom stereocenters. The Labute approximate surface area is 60.5 Å². The largest absolute Gasteiger partial charge is 0.362 e. The Balaban J connectivity index is 0.000000291. The second-order valence-electron chi connectivity index (χ2n) is 2.04. The summed E-state index contributed by atoms with van der Waals surface area (Å²) in [6.07, 6.45) is 5.82. The van der Waals surface area contributed by atoms with Crippen LogP contribution in [-0.4, -0.2) is 6.10 Å². The van der Waals surface area contributed by atoms with Crippen molar-refractivity contribution in [2.45, 2.75) is 45.6 Å². The molecule has 1 fully saturated rings. The minimum atomic E-state index is 0.560. The van der Waals surface area contributed by atoms with E-state index in [4.69, 9.17) is 4.52 Å². The fourth-order valence-electron chi connectivity index (χ4n) is 1.02. The molecule has 0 radical (unpaired) electrons. The van der Waals surface area contributed by atoms with Gasteiger partial charge in [0.05, 0.1) is 6.10 Å². The smallest absolute Gasteiger partial charge is 0.0610 e. The predicted octanol–water partition coefficient (Wildman–Crippen LogP) is 2.76. The lowest BCUT2D eigenvalue weighted by Crippen LogP contribution is -1.97. The zero-order valence-corrected chi connectivity index (χ0v) is 7.55. The highest BCUT2D eigenvalue weighted by molar-refractivity contribution is 7.09. The average Bonchev–Trinajstić information content (AvgIpc) is 2.43. The zero-order valence-electron chi connectivity index (χ0n) is 6.39. The highest BCUT2D eigenvalue weighted by Gasteiger charge is 2.12. The van der Waals surface area contributed by atoms with Crippen LogP contribution in [-0.2, 0) is 4.52 Å². The van der Waals surface area contributed by atoms with Crippen molar-refractivity contribution in [2.75, 3.05) is 0 Å². The van der Waals surface area contributed by atoms with Crippen LogP contribution in [0.5, 0.6) is 0 Å². The third kappa shape index (κ3) is 3.89. The summed E-state index contributed by atoms with van der Waals surface area (Å²) in [5.41, 5.74) is 0. The van der Waals surface area contributed by atoms with Gasteiger partial charge in [0, 0.05) is 9.47 Å². The van der Waals surface area contributed by atoms with Crippen LogP contribution >= 0.6 is 9.47 Å². The van der Waals surface area contributed by atoms with Crippen LogP contribution in [0.15, 0.2) is 0 Å². The standard InChI is InChI=1S/C5H11OP.C2H6/c7-6-5-3-1-2-4-5;1-2/h5H,1-4,7H2;1-2H3. The van der Waals surface area contributed by atoms with E-state index in [1.807, 2.05) is 13.8 Å². The second kappa shape index (κ2) is 6.51. The summed E-state index contributed by atoms with van der Waals surface area (Å²) < 4.78 is 5.03. The van der Waals surface area contributed by atoms with E-state index < -0.39 is 0 Å². The minimum absolute atomic E-state index is 0.560. The van der Waals surface area contributed by atoms with Gasteiger partial charge in [-0.1, -0.05) is 26.7 Å². The van der Waals surface area contributed by atoms with Crippen molar-refractivity contribution in [2.24, 2.45) is 0 Å². The number of rotatable bonds is 1. The summed E-state index contributed by atoms with van der Waals surface area (Å²) in [7, 11) is 2.32. The molecule has 56 valence electrons. The number of hydrogen-bond donors (Lipinski definition) is 0. The van der Waals surface area contributed by atoms with Crippen molar-refractivity contribution in [1.29, 1.82) is 0 Å². The van der Waals surface area contributed by atoms with E-state index in [-0.39, 0.29) is 0 Å². The van der Waals surface area contributed by atoms with Gasteiger partial charge in [0.2, 0.25) is 0 Å². The lowest BCUT2D eigenvalue weighted by atomic mass is 10.3. The Morgan fingerprint density at radius 3 is 1.89 bits per heavy atom. The zero-order chi connectivity index (χ0) is 7.11. The van der Waals surface area contributed by atoms with Crippen molar-refractivity contribution in [3.05, 3.63) is 0 Å². The van der Waals surface area contributed by atoms with E-state index in [1.54, 1.807) is 0 Å². The van der Waals surface area contributed by atoms with E-state index in [0.29, 0.717) is 6.10 Å². The molecule has 0 aromatic heterocycles. The maximum absolute atomic E-state index is 5.03. The topological polar surface area (TPSA) is 9.23 Å². The van der Waals surface area contributed by atoms with Crippen molar-refractivity contribution < 1.29 is 4.52 Å². The van der Waals surface area contributed by atoms with E-state index in [1.165, 1.54) is 25.7 Å². The SMILES string of the molecule is CC.POC1CCCC1. The minimum Gasteiger partial charge on any atom is -0.362 e. The van der Waals surface area contributed by atoms with E-state index in [2.05, 4.69) is 9.47 Å². The Bertz CT molecular complexity index is 50.9. The Kier molecular flexibility index (Phi) is 6.79. The molecule has 0 aromatic carbocycles. The number of hydrogen-bond acceptors (Lipinski definition) is 1. The highest BCUT2D eigenvalue weighted by Crippen LogP contribution is 2.22. The van der Waals surface area contributed by atoms with Gasteiger partial charge in [-0.25, -0.2) is 0 Å². The summed E-state index contributed by atoms with van der Waals surface area (Å²) in [4.78, 5) is 0. The van der Waals surface area contributed by atoms with Crippen LogP contribution in [0.3, 0.4) is 0 Å². The molecule has 0 amide bonds. The maximum Gasteiger partial charge on any atom is 0.0610 e. The molecule has 0 saturated heterocycles. The van der Waals surface area contributed by atoms with Gasteiger partial charge in [0.15, 0.2) is 0 Å². The molecule has 0 bridgehead atoms. The Morgan fingerprint density at radius 1 is 1.22 bits per heavy atom. The molecular formula is C7H17OP. The summed E-state index contributed by atoms with van der Waals surface area (Å²) >= 11 is 0. The van der Waals surface area contributed by atoms with Crippen LogP contribution < -0.4 is 0 Å². The van der Waals surface area contributed by atoms with E-state index in [0.717, 1.165) is 0 Å². The van der Waals surface area contributed by atoms with Crippen molar-refractivity contribution >= 4 is 9.47 Å². The molecule has 1 aliphatic carbocycles. The monoisotopic (exact) mass is 148 g/mol. The van der Waals surface area contributed by atoms with Gasteiger partial charge in [-0.15, -0.1) is 0 Å². The molecule has 1 rings (SSSR count). The first-order valence-corrected chi connectivity index (χ1v) is 4.26. The molecule has 2 heteroatoms. The van der Waals surface area contributed by atoms with Gasteiger partial charge in [-0.05, 0) is 12.8 Å². The fourth-order valence-corrected chi connectivity index (χ4v) is 1.30. The third-order valence-electron chi connectivity index (χ3n) is 1.49. The van der Waals surface area contributed by atoms with Crippen molar-refractivity contribution in [1.82, 2.24) is 0 Å². The lowest BCUT2D eigenvalue weighted by molar-refractivity contribution is 0.249. The summed E-state index contributed by atoms with van der Waals surface area (Å²) in [6.45, 7) is 4.00. The molecule has 0 N–H and O–H groups in total. The molecular weight excluding hydrogens is 131 g/mol. The van der Waals surface area contributed by atoms with Crippen LogP contribution in [0, 0.1) is 0 Å². The Hall–Kier alpha value is 0.390. The molecule has 0 aliphatic heterocycles. The van der Waals surface area contributed by atoms with E-state index in [9.17, 15) is 0 Å². The fraction of sp³-hybridized carbons (Fsp3) is 1.00. The van der Waals surface area contributed by atoms with Gasteiger partial charge in [0.25, 0.3) is 0 Å². The van der Waals surface area contributed by atoms with Crippen LogP contribution in [0.4, 0.5) is 0 Å². The van der Waals surface area contributed by atoms with E-state index >= 15 is 0 Å². The second-order valence-corrected chi connectivity index (χ2v) is 2.31. The molecule has 1 nitrogen and oxygen atoms in total. The first-order chi connectivity index (χ1) is 4.43. The predicted molar refractivity (Wildman–Crippen MR) is 44.4 cm³/mol. The van der Waals surface area contributed by atoms with Crippen LogP contribution in [0.2, 0.25) is 0 Å². The summed E-state index contributed by atoms with van der Waals surface area (Å²) in [6, 6.07) is 0. The summed E-state index contributed by atoms with van der Waals surface area (Å²) in [5.74, 6) is 0. The summed E-state index contributed by atoms with van der Waals surface area (Å²) in [5, 5.41) is 0. The van der Waals surface area contributed by atoms with Gasteiger partial charge >= 0.3 is 0 Å². The van der Waals surface area contributed by atoms with Crippen LogP contribution in [0.25, 0.3) is 0 Å². The van der Waals surface area contributed by atoms with Gasteiger partial charge < -0.3 is 4.52 Å². The molecule has 0 aromatic rings. The molecule has 0 heterocycles. The van der Waals surface area contributed by atoms with Gasteiger partial charge in [-0.3, -0.25) is 0 Å². The highest BCUT2D eigenvalue weighted by atomic mass is 31.0. The molecule has 9 heavy (non-hydrogen) atoms. The lowest BCUT2D eigenvalue weighted by Gasteiger charge is -2.01. The first-order valence-electron chi connectivity index (χ1n) is 3.79. The average molecular weight is 148 g/mol. The van der Waals surface area contributed by atoms with Crippen molar-refractivity contribution in [3.8, 4) is 0 Å². The van der Waals surface area contributed by atoms with Crippen molar-refractivity contribution in [3.63, 3.8) is 0 Å². The first kappa shape index (κ1) is 9.39. The molecule has 1 aliphatic rings. The molecule has 1 atom stereocenters. The Morgan fingerprint density at radius 2 is 1.67 bits per heavy atom. The molecule has 1 saturated carbocycles. The maximum atomic E-state index is 5.03. The third-order valence-corrected chi connectivity index (χ3v) is 1.88. The van der Waals surface area contributed by atoms with Crippen LogP contribution in [0.1, 0.15) is 39.5 Å².